The molecule has 0 aromatic heterocycles. The Hall–Kier alpha value is -0.720. The van der Waals surface area contributed by atoms with Crippen molar-refractivity contribution in [2.24, 2.45) is 0 Å². The van der Waals surface area contributed by atoms with Gasteiger partial charge in [0.1, 0.15) is 5.54 Å². The van der Waals surface area contributed by atoms with Gasteiger partial charge in [0.15, 0.2) is 0 Å². The highest BCUT2D eigenvalue weighted by molar-refractivity contribution is 5.85. The molecule has 12 heavy (non-hydrogen) atoms. The Morgan fingerprint density at radius 2 is 2.42 bits per heavy atom. The zero-order valence-corrected chi connectivity index (χ0v) is 7.49. The maximum atomic E-state index is 10.8. The van der Waals surface area contributed by atoms with Crippen LogP contribution in [0.4, 0.5) is 0 Å². The largest absolute Gasteiger partial charge is 0.480 e. The highest BCUT2D eigenvalue weighted by Gasteiger charge is 2.40. The van der Waals surface area contributed by atoms with Gasteiger partial charge in [-0.1, -0.05) is 0 Å². The zero-order valence-electron chi connectivity index (χ0n) is 6.67. The number of aliphatic carboxylic acids is 1. The number of terminal acetylenes is 1. The van der Waals surface area contributed by atoms with Crippen LogP contribution < -0.4 is 5.32 Å². The number of carbonyl (C=O) groups is 1. The number of nitrogens with one attached hydrogen (secondary N) is 1. The molecule has 1 fully saturated rings. The molecule has 68 valence electrons. The lowest BCUT2D eigenvalue weighted by atomic mass is 9.94. The van der Waals surface area contributed by atoms with Crippen molar-refractivity contribution in [2.45, 2.75) is 24.8 Å². The molecule has 0 radical (unpaired) electrons. The zero-order chi connectivity index (χ0) is 8.32. The van der Waals surface area contributed by atoms with E-state index in [4.69, 9.17) is 11.5 Å². The van der Waals surface area contributed by atoms with Crippen LogP contribution in [0.15, 0.2) is 0 Å². The molecule has 1 rings (SSSR count). The number of hydrogen-bond donors (Lipinski definition) is 2. The van der Waals surface area contributed by atoms with Gasteiger partial charge < -0.3 is 10.4 Å². The Morgan fingerprint density at radius 3 is 2.75 bits per heavy atom. The summed E-state index contributed by atoms with van der Waals surface area (Å²) >= 11 is 0. The Morgan fingerprint density at radius 1 is 1.75 bits per heavy atom. The first-order valence-corrected chi connectivity index (χ1v) is 3.63. The molecule has 0 aliphatic carbocycles. The van der Waals surface area contributed by atoms with Gasteiger partial charge in [-0.25, -0.2) is 0 Å². The molecule has 0 spiro atoms. The SMILES string of the molecule is C#CC[C@@]1(C(=O)O)CCCN1.Cl. The third-order valence-electron chi connectivity index (χ3n) is 2.06. The standard InChI is InChI=1S/C8H11NO2.ClH/c1-2-4-8(7(10)11)5-3-6-9-8;/h1,9H,3-6H2,(H,10,11);1H/t8-;/m0./s1. The lowest BCUT2D eigenvalue weighted by molar-refractivity contribution is -0.144. The molecular formula is C8H12ClNO2. The van der Waals surface area contributed by atoms with Crippen molar-refractivity contribution in [1.29, 1.82) is 0 Å². The summed E-state index contributed by atoms with van der Waals surface area (Å²) in [6.45, 7) is 0.758. The smallest absolute Gasteiger partial charge is 0.324 e. The van der Waals surface area contributed by atoms with E-state index >= 15 is 0 Å². The molecule has 1 heterocycles. The van der Waals surface area contributed by atoms with Crippen molar-refractivity contribution in [2.75, 3.05) is 6.54 Å². The van der Waals surface area contributed by atoms with Crippen LogP contribution in [0.25, 0.3) is 0 Å². The maximum Gasteiger partial charge on any atom is 0.324 e. The lowest BCUT2D eigenvalue weighted by Crippen LogP contribution is -2.47. The molecule has 2 N–H and O–H groups in total. The molecule has 0 unspecified atom stereocenters. The van der Waals surface area contributed by atoms with Gasteiger partial charge in [0.25, 0.3) is 0 Å². The van der Waals surface area contributed by atoms with Crippen LogP contribution >= 0.6 is 12.4 Å². The van der Waals surface area contributed by atoms with Crippen molar-refractivity contribution >= 4 is 18.4 Å². The Kier molecular flexibility index (Phi) is 4.08. The fourth-order valence-electron chi connectivity index (χ4n) is 1.39. The minimum atomic E-state index is -0.826. The average Bonchev–Trinajstić information content (AvgIpc) is 2.38. The van der Waals surface area contributed by atoms with Crippen molar-refractivity contribution in [3.63, 3.8) is 0 Å². The van der Waals surface area contributed by atoms with Crippen LogP contribution in [0.5, 0.6) is 0 Å². The third kappa shape index (κ3) is 1.90. The Balaban J connectivity index is 0.00000121. The molecule has 1 saturated heterocycles. The molecule has 0 saturated carbocycles. The second kappa shape index (κ2) is 4.34. The van der Waals surface area contributed by atoms with E-state index in [1.54, 1.807) is 0 Å². The third-order valence-corrected chi connectivity index (χ3v) is 2.06. The molecule has 4 heteroatoms. The molecule has 1 aliphatic heterocycles. The first-order valence-electron chi connectivity index (χ1n) is 3.63. The van der Waals surface area contributed by atoms with E-state index in [1.165, 1.54) is 0 Å². The summed E-state index contributed by atoms with van der Waals surface area (Å²) in [6, 6.07) is 0. The predicted octanol–water partition coefficient (Wildman–Crippen LogP) is 0.638. The van der Waals surface area contributed by atoms with E-state index in [0.29, 0.717) is 6.42 Å². The average molecular weight is 190 g/mol. The molecule has 1 aliphatic rings. The van der Waals surface area contributed by atoms with Crippen LogP contribution in [-0.4, -0.2) is 23.2 Å². The normalized spacial score (nSPS) is 27.2. The monoisotopic (exact) mass is 189 g/mol. The van der Waals surface area contributed by atoms with Gasteiger partial charge in [0.2, 0.25) is 0 Å². The van der Waals surface area contributed by atoms with Crippen LogP contribution in [0, 0.1) is 12.3 Å². The first kappa shape index (κ1) is 11.3. The maximum absolute atomic E-state index is 10.8. The van der Waals surface area contributed by atoms with Gasteiger partial charge >= 0.3 is 5.97 Å². The lowest BCUT2D eigenvalue weighted by Gasteiger charge is -2.20. The van der Waals surface area contributed by atoms with Crippen molar-refractivity contribution < 1.29 is 9.90 Å². The summed E-state index contributed by atoms with van der Waals surface area (Å²) in [7, 11) is 0. The second-order valence-electron chi connectivity index (χ2n) is 2.80. The van der Waals surface area contributed by atoms with E-state index in [-0.39, 0.29) is 18.8 Å². The number of halogens is 1. The first-order chi connectivity index (χ1) is 5.21. The quantitative estimate of drug-likeness (QED) is 0.627. The predicted molar refractivity (Wildman–Crippen MR) is 48.3 cm³/mol. The molecule has 3 nitrogen and oxygen atoms in total. The number of rotatable bonds is 2. The van der Waals surface area contributed by atoms with E-state index < -0.39 is 11.5 Å². The van der Waals surface area contributed by atoms with Crippen molar-refractivity contribution in [3.8, 4) is 12.3 Å². The number of carboxylic acid groups (broad SMARTS) is 1. The summed E-state index contributed by atoms with van der Waals surface area (Å²) in [5, 5.41) is 11.8. The molecule has 0 aromatic carbocycles. The summed E-state index contributed by atoms with van der Waals surface area (Å²) in [4.78, 5) is 10.8. The minimum Gasteiger partial charge on any atom is -0.480 e. The van der Waals surface area contributed by atoms with E-state index in [0.717, 1.165) is 13.0 Å². The highest BCUT2D eigenvalue weighted by Crippen LogP contribution is 2.22. The van der Waals surface area contributed by atoms with Gasteiger partial charge in [-0.3, -0.25) is 4.79 Å². The molecule has 0 bridgehead atoms. The molecule has 0 amide bonds. The molecular weight excluding hydrogens is 178 g/mol. The molecule has 0 aromatic rings. The van der Waals surface area contributed by atoms with Gasteiger partial charge in [0.05, 0.1) is 0 Å². The van der Waals surface area contributed by atoms with E-state index in [2.05, 4.69) is 11.2 Å². The van der Waals surface area contributed by atoms with E-state index in [1.807, 2.05) is 0 Å². The Labute approximate surface area is 77.9 Å². The topological polar surface area (TPSA) is 49.3 Å². The summed E-state index contributed by atoms with van der Waals surface area (Å²) in [5.41, 5.74) is -0.825. The summed E-state index contributed by atoms with van der Waals surface area (Å²) < 4.78 is 0. The van der Waals surface area contributed by atoms with Gasteiger partial charge in [0, 0.05) is 6.42 Å². The van der Waals surface area contributed by atoms with Crippen LogP contribution in [-0.2, 0) is 4.79 Å². The van der Waals surface area contributed by atoms with Crippen LogP contribution in [0.3, 0.4) is 0 Å². The molecule has 1 atom stereocenters. The fourth-order valence-corrected chi connectivity index (χ4v) is 1.39. The Bertz CT molecular complexity index is 204. The van der Waals surface area contributed by atoms with Gasteiger partial charge in [-0.05, 0) is 19.4 Å². The highest BCUT2D eigenvalue weighted by atomic mass is 35.5. The van der Waals surface area contributed by atoms with Gasteiger partial charge in [-0.15, -0.1) is 24.8 Å². The van der Waals surface area contributed by atoms with Gasteiger partial charge in [-0.2, -0.15) is 0 Å². The number of hydrogen-bond acceptors (Lipinski definition) is 2. The second-order valence-corrected chi connectivity index (χ2v) is 2.80. The van der Waals surface area contributed by atoms with Crippen molar-refractivity contribution in [1.82, 2.24) is 5.32 Å². The number of carboxylic acids is 1. The summed E-state index contributed by atoms with van der Waals surface area (Å²) in [5.74, 6) is 1.56. The van der Waals surface area contributed by atoms with Crippen molar-refractivity contribution in [3.05, 3.63) is 0 Å². The fraction of sp³-hybridized carbons (Fsp3) is 0.625. The van der Waals surface area contributed by atoms with Crippen LogP contribution in [0.2, 0.25) is 0 Å². The van der Waals surface area contributed by atoms with E-state index in [9.17, 15) is 4.79 Å². The van der Waals surface area contributed by atoms with Crippen LogP contribution in [0.1, 0.15) is 19.3 Å². The summed E-state index contributed by atoms with van der Waals surface area (Å²) in [6.07, 6.45) is 6.90. The minimum absolute atomic E-state index is 0.